The Balaban J connectivity index is 2.47. The van der Waals surface area contributed by atoms with Crippen molar-refractivity contribution in [2.24, 2.45) is 0 Å². The minimum absolute atomic E-state index is 0.0268. The van der Waals surface area contributed by atoms with Crippen molar-refractivity contribution < 1.29 is 12.6 Å². The molecule has 0 amide bonds. The van der Waals surface area contributed by atoms with Crippen LogP contribution in [0.1, 0.15) is 16.7 Å². The monoisotopic (exact) mass is 310 g/mol. The van der Waals surface area contributed by atoms with Crippen molar-refractivity contribution in [2.75, 3.05) is 0 Å². The molecule has 20 heavy (non-hydrogen) atoms. The van der Waals surface area contributed by atoms with E-state index < -0.39 is 10.1 Å². The zero-order valence-electron chi connectivity index (χ0n) is 11.5. The molecular weight excluding hydrogens is 296 g/mol. The van der Waals surface area contributed by atoms with E-state index in [2.05, 4.69) is 0 Å². The third-order valence-corrected chi connectivity index (χ3v) is 4.63. The lowest BCUT2D eigenvalue weighted by Gasteiger charge is -2.13. The Bertz CT molecular complexity index is 728. The second-order valence-electron chi connectivity index (χ2n) is 4.70. The summed E-state index contributed by atoms with van der Waals surface area (Å²) in [7, 11) is -3.93. The topological polar surface area (TPSA) is 43.4 Å². The number of benzene rings is 2. The fourth-order valence-corrected chi connectivity index (χ4v) is 3.64. The first kappa shape index (κ1) is 14.9. The molecule has 0 aliphatic carbocycles. The van der Waals surface area contributed by atoms with Crippen molar-refractivity contribution in [1.29, 1.82) is 0 Å². The van der Waals surface area contributed by atoms with Crippen molar-refractivity contribution in [3.8, 4) is 5.75 Å². The van der Waals surface area contributed by atoms with Gasteiger partial charge >= 0.3 is 10.1 Å². The number of halogens is 1. The summed E-state index contributed by atoms with van der Waals surface area (Å²) in [5, 5.41) is 0.148. The van der Waals surface area contributed by atoms with Crippen molar-refractivity contribution in [3.63, 3.8) is 0 Å². The third-order valence-electron chi connectivity index (χ3n) is 2.90. The van der Waals surface area contributed by atoms with Gasteiger partial charge in [-0.05, 0) is 44.0 Å². The second kappa shape index (κ2) is 5.46. The second-order valence-corrected chi connectivity index (χ2v) is 6.62. The molecule has 0 saturated carbocycles. The summed E-state index contributed by atoms with van der Waals surface area (Å²) in [5.41, 5.74) is 2.61. The Labute approximate surface area is 124 Å². The van der Waals surface area contributed by atoms with Gasteiger partial charge in [0.25, 0.3) is 0 Å². The molecule has 0 atom stereocenters. The fourth-order valence-electron chi connectivity index (χ4n) is 2.10. The molecule has 0 radical (unpaired) electrons. The lowest BCUT2D eigenvalue weighted by Crippen LogP contribution is -2.12. The van der Waals surface area contributed by atoms with Crippen LogP contribution in [-0.2, 0) is 10.1 Å². The van der Waals surface area contributed by atoms with E-state index in [1.54, 1.807) is 12.1 Å². The first-order valence-corrected chi connectivity index (χ1v) is 7.87. The molecule has 5 heteroatoms. The summed E-state index contributed by atoms with van der Waals surface area (Å²) in [6.45, 7) is 5.58. The van der Waals surface area contributed by atoms with Gasteiger partial charge in [0.2, 0.25) is 0 Å². The summed E-state index contributed by atoms with van der Waals surface area (Å²) in [4.78, 5) is -0.0268. The lowest BCUT2D eigenvalue weighted by atomic mass is 10.1. The highest BCUT2D eigenvalue weighted by Gasteiger charge is 2.21. The smallest absolute Gasteiger partial charge is 0.340 e. The van der Waals surface area contributed by atoms with Gasteiger partial charge in [-0.3, -0.25) is 0 Å². The predicted molar refractivity (Wildman–Crippen MR) is 79.9 cm³/mol. The lowest BCUT2D eigenvalue weighted by molar-refractivity contribution is 0.482. The Hall–Kier alpha value is -1.52. The van der Waals surface area contributed by atoms with Gasteiger partial charge in [0.15, 0.2) is 0 Å². The Morgan fingerprint density at radius 2 is 1.55 bits per heavy atom. The Kier molecular flexibility index (Phi) is 4.06. The van der Waals surface area contributed by atoms with Crippen LogP contribution in [0.2, 0.25) is 5.02 Å². The molecule has 2 aromatic rings. The molecule has 0 aromatic heterocycles. The third kappa shape index (κ3) is 2.97. The van der Waals surface area contributed by atoms with Crippen molar-refractivity contribution >= 4 is 21.7 Å². The number of rotatable bonds is 3. The maximum Gasteiger partial charge on any atom is 0.340 e. The van der Waals surface area contributed by atoms with Crippen LogP contribution in [0.25, 0.3) is 0 Å². The largest absolute Gasteiger partial charge is 0.378 e. The molecule has 0 aliphatic rings. The van der Waals surface area contributed by atoms with Crippen LogP contribution in [0, 0.1) is 20.8 Å². The molecule has 2 aromatic carbocycles. The van der Waals surface area contributed by atoms with Gasteiger partial charge in [-0.2, -0.15) is 8.42 Å². The van der Waals surface area contributed by atoms with Crippen LogP contribution < -0.4 is 4.18 Å². The highest BCUT2D eigenvalue weighted by Crippen LogP contribution is 2.30. The van der Waals surface area contributed by atoms with Crippen LogP contribution in [-0.4, -0.2) is 8.42 Å². The van der Waals surface area contributed by atoms with E-state index in [-0.39, 0.29) is 9.92 Å². The van der Waals surface area contributed by atoms with Crippen LogP contribution in [0.5, 0.6) is 5.75 Å². The molecule has 0 unspecified atom stereocenters. The molecule has 0 heterocycles. The minimum Gasteiger partial charge on any atom is -0.378 e. The van der Waals surface area contributed by atoms with E-state index in [1.807, 2.05) is 32.9 Å². The predicted octanol–water partition coefficient (Wildman–Crippen LogP) is 4.03. The molecule has 0 bridgehead atoms. The van der Waals surface area contributed by atoms with Gasteiger partial charge in [0.1, 0.15) is 10.6 Å². The van der Waals surface area contributed by atoms with Crippen molar-refractivity contribution in [3.05, 3.63) is 58.1 Å². The van der Waals surface area contributed by atoms with Crippen molar-refractivity contribution in [2.45, 2.75) is 25.7 Å². The van der Waals surface area contributed by atoms with Gasteiger partial charge in [-0.15, -0.1) is 0 Å². The van der Waals surface area contributed by atoms with Crippen molar-refractivity contribution in [1.82, 2.24) is 0 Å². The average Bonchev–Trinajstić information content (AvgIpc) is 2.34. The molecule has 0 N–H and O–H groups in total. The van der Waals surface area contributed by atoms with Crippen LogP contribution in [0.4, 0.5) is 0 Å². The highest BCUT2D eigenvalue weighted by molar-refractivity contribution is 7.87. The first-order chi connectivity index (χ1) is 9.31. The molecule has 106 valence electrons. The van der Waals surface area contributed by atoms with E-state index in [9.17, 15) is 8.42 Å². The number of aryl methyl sites for hydroxylation is 3. The van der Waals surface area contributed by atoms with Gasteiger partial charge in [-0.1, -0.05) is 41.4 Å². The molecule has 3 nitrogen and oxygen atoms in total. The van der Waals surface area contributed by atoms with Crippen LogP contribution in [0.3, 0.4) is 0 Å². The highest BCUT2D eigenvalue weighted by atomic mass is 35.5. The zero-order chi connectivity index (χ0) is 14.9. The van der Waals surface area contributed by atoms with E-state index in [4.69, 9.17) is 15.8 Å². The standard InChI is InChI=1S/C15H15ClO3S/c1-10-8-11(2)15(12(3)9-10)19-20(17,18)14-7-5-4-6-13(14)16/h4-9H,1-3H3. The molecule has 0 fully saturated rings. The normalized spacial score (nSPS) is 11.4. The van der Waals surface area contributed by atoms with E-state index in [0.29, 0.717) is 5.75 Å². The van der Waals surface area contributed by atoms with Gasteiger partial charge < -0.3 is 4.18 Å². The molecule has 0 saturated heterocycles. The fraction of sp³-hybridized carbons (Fsp3) is 0.200. The van der Waals surface area contributed by atoms with Crippen LogP contribution >= 0.6 is 11.6 Å². The summed E-state index contributed by atoms with van der Waals surface area (Å²) in [6, 6.07) is 9.98. The maximum atomic E-state index is 12.3. The number of hydrogen-bond donors (Lipinski definition) is 0. The number of hydrogen-bond acceptors (Lipinski definition) is 3. The summed E-state index contributed by atoms with van der Waals surface area (Å²) < 4.78 is 29.9. The zero-order valence-corrected chi connectivity index (χ0v) is 13.0. The molecular formula is C15H15ClO3S. The quantitative estimate of drug-likeness (QED) is 0.804. The molecule has 0 aliphatic heterocycles. The summed E-state index contributed by atoms with van der Waals surface area (Å²) in [6.07, 6.45) is 0. The average molecular weight is 311 g/mol. The van der Waals surface area contributed by atoms with Gasteiger partial charge in [0, 0.05) is 0 Å². The van der Waals surface area contributed by atoms with E-state index >= 15 is 0 Å². The molecule has 2 rings (SSSR count). The van der Waals surface area contributed by atoms with Gasteiger partial charge in [0.05, 0.1) is 5.02 Å². The minimum atomic E-state index is -3.93. The van der Waals surface area contributed by atoms with E-state index in [0.717, 1.165) is 16.7 Å². The maximum absolute atomic E-state index is 12.3. The summed E-state index contributed by atoms with van der Waals surface area (Å²) >= 11 is 5.92. The molecule has 0 spiro atoms. The summed E-state index contributed by atoms with van der Waals surface area (Å²) in [5.74, 6) is 0.357. The van der Waals surface area contributed by atoms with E-state index in [1.165, 1.54) is 12.1 Å². The Morgan fingerprint density at radius 3 is 2.10 bits per heavy atom. The van der Waals surface area contributed by atoms with Crippen LogP contribution in [0.15, 0.2) is 41.3 Å². The Morgan fingerprint density at radius 1 is 1.00 bits per heavy atom. The SMILES string of the molecule is Cc1cc(C)c(OS(=O)(=O)c2ccccc2Cl)c(C)c1. The first-order valence-electron chi connectivity index (χ1n) is 6.08. The van der Waals surface area contributed by atoms with Gasteiger partial charge in [-0.25, -0.2) is 0 Å².